The first-order valence-electron chi connectivity index (χ1n) is 9.34. The summed E-state index contributed by atoms with van der Waals surface area (Å²) in [6, 6.07) is 13.8. The molecule has 6 heteroatoms. The van der Waals surface area contributed by atoms with Crippen LogP contribution in [0, 0.1) is 6.07 Å². The molecular weight excluding hydrogens is 526 g/mol. The Labute approximate surface area is 179 Å². The number of aromatic nitrogens is 5. The van der Waals surface area contributed by atoms with Crippen molar-refractivity contribution in [1.29, 1.82) is 0 Å². The van der Waals surface area contributed by atoms with Gasteiger partial charge in [-0.3, -0.25) is 14.6 Å². The van der Waals surface area contributed by atoms with Gasteiger partial charge in [0, 0.05) is 32.7 Å². The largest absolute Gasteiger partial charge is 0.373 e. The van der Waals surface area contributed by atoms with Crippen molar-refractivity contribution in [2.24, 2.45) is 7.05 Å². The molecule has 0 bridgehead atoms. The zero-order valence-electron chi connectivity index (χ0n) is 16.8. The van der Waals surface area contributed by atoms with Gasteiger partial charge in [-0.25, -0.2) is 0 Å². The van der Waals surface area contributed by atoms with Gasteiger partial charge in [-0.2, -0.15) is 5.10 Å². The second-order valence-corrected chi connectivity index (χ2v) is 7.53. The summed E-state index contributed by atoms with van der Waals surface area (Å²) in [5.74, 6) is 1.55. The van der Waals surface area contributed by atoms with E-state index in [-0.39, 0.29) is 20.1 Å². The summed E-state index contributed by atoms with van der Waals surface area (Å²) >= 11 is 0. The quantitative estimate of drug-likeness (QED) is 0.341. The molecule has 2 heterocycles. The number of rotatable bonds is 4. The maximum absolute atomic E-state index is 4.63. The Hall–Kier alpha value is -2.30. The number of para-hydroxylation sites is 1. The van der Waals surface area contributed by atoms with Crippen LogP contribution in [0.25, 0.3) is 28.1 Å². The van der Waals surface area contributed by atoms with E-state index in [0.29, 0.717) is 11.8 Å². The van der Waals surface area contributed by atoms with E-state index in [9.17, 15) is 0 Å². The molecule has 2 aromatic carbocycles. The van der Waals surface area contributed by atoms with Gasteiger partial charge in [0.25, 0.3) is 0 Å². The van der Waals surface area contributed by atoms with Crippen molar-refractivity contribution in [2.75, 3.05) is 0 Å². The Morgan fingerprint density at radius 1 is 0.964 bits per heavy atom. The second kappa shape index (κ2) is 7.98. The van der Waals surface area contributed by atoms with Gasteiger partial charge in [0.15, 0.2) is 0 Å². The summed E-state index contributed by atoms with van der Waals surface area (Å²) < 4.78 is 3.99. The van der Waals surface area contributed by atoms with Crippen LogP contribution in [0.2, 0.25) is 0 Å². The molecule has 28 heavy (non-hydrogen) atoms. The zero-order chi connectivity index (χ0) is 19.1. The minimum Gasteiger partial charge on any atom is -0.373 e. The van der Waals surface area contributed by atoms with Gasteiger partial charge in [0.2, 0.25) is 0 Å². The second-order valence-electron chi connectivity index (χ2n) is 7.53. The van der Waals surface area contributed by atoms with Gasteiger partial charge in [-0.1, -0.05) is 51.5 Å². The molecule has 0 saturated carbocycles. The van der Waals surface area contributed by atoms with Crippen LogP contribution in [0.3, 0.4) is 0 Å². The fourth-order valence-corrected chi connectivity index (χ4v) is 3.65. The first kappa shape index (κ1) is 20.4. The van der Waals surface area contributed by atoms with Crippen LogP contribution in [0.15, 0.2) is 43.0 Å². The van der Waals surface area contributed by atoms with Crippen LogP contribution in [-0.4, -0.2) is 24.3 Å². The fraction of sp³-hybridized carbons (Fsp3) is 0.318. The van der Waals surface area contributed by atoms with Crippen LogP contribution in [0.1, 0.15) is 50.7 Å². The molecule has 0 spiro atoms. The number of benzene rings is 2. The molecule has 0 fully saturated rings. The third kappa shape index (κ3) is 3.31. The van der Waals surface area contributed by atoms with Gasteiger partial charge in [-0.05, 0) is 28.5 Å². The molecule has 0 saturated heterocycles. The standard InChI is InChI=1S/C22H24N5.Ir/c1-14(2)16-8-6-9-17(15(3)4)20(16)27-22(23-12-25-27)18-10-7-11-19-21(18)26(5)13-24-19;/h6-9,11-15H,1-5H3;/q-1;. The summed E-state index contributed by atoms with van der Waals surface area (Å²) in [5, 5.41) is 4.63. The molecule has 4 aromatic rings. The maximum Gasteiger partial charge on any atom is 0.127 e. The summed E-state index contributed by atoms with van der Waals surface area (Å²) in [6.45, 7) is 8.86. The molecular formula is C22H24IrN5-. The first-order valence-corrected chi connectivity index (χ1v) is 9.34. The Bertz CT molecular complexity index is 1080. The number of aryl methyl sites for hydroxylation is 1. The van der Waals surface area contributed by atoms with Crippen molar-refractivity contribution < 1.29 is 20.1 Å². The third-order valence-electron chi connectivity index (χ3n) is 5.00. The Morgan fingerprint density at radius 2 is 1.64 bits per heavy atom. The van der Waals surface area contributed by atoms with Gasteiger partial charge >= 0.3 is 0 Å². The maximum atomic E-state index is 4.63. The SMILES string of the molecule is CC(C)c1cccc(C(C)C)c1-n1ncnc1-c1[c-]ccc2ncn(C)c12.[Ir]. The van der Waals surface area contributed by atoms with Crippen LogP contribution in [0.4, 0.5) is 0 Å². The minimum absolute atomic E-state index is 0. The van der Waals surface area contributed by atoms with Crippen molar-refractivity contribution >= 4 is 11.0 Å². The van der Waals surface area contributed by atoms with Gasteiger partial charge in [-0.15, -0.1) is 18.2 Å². The van der Waals surface area contributed by atoms with E-state index in [1.807, 2.05) is 34.8 Å². The number of imidazole rings is 1. The Kier molecular flexibility index (Phi) is 5.82. The predicted molar refractivity (Wildman–Crippen MR) is 108 cm³/mol. The molecule has 0 N–H and O–H groups in total. The Morgan fingerprint density at radius 3 is 2.29 bits per heavy atom. The van der Waals surface area contributed by atoms with Crippen molar-refractivity contribution in [1.82, 2.24) is 24.3 Å². The number of hydrogen-bond donors (Lipinski definition) is 0. The van der Waals surface area contributed by atoms with Crippen molar-refractivity contribution in [3.05, 3.63) is 60.2 Å². The van der Waals surface area contributed by atoms with Crippen LogP contribution < -0.4 is 0 Å². The minimum atomic E-state index is 0. The van der Waals surface area contributed by atoms with E-state index in [1.54, 1.807) is 6.33 Å². The molecule has 0 atom stereocenters. The smallest absolute Gasteiger partial charge is 0.127 e. The molecule has 5 nitrogen and oxygen atoms in total. The Balaban J connectivity index is 0.00000225. The van der Waals surface area contributed by atoms with E-state index in [1.165, 1.54) is 11.1 Å². The normalized spacial score (nSPS) is 11.4. The van der Waals surface area contributed by atoms with E-state index >= 15 is 0 Å². The van der Waals surface area contributed by atoms with E-state index in [0.717, 1.165) is 28.1 Å². The van der Waals surface area contributed by atoms with E-state index in [2.05, 4.69) is 67.0 Å². The van der Waals surface area contributed by atoms with Crippen LogP contribution >= 0.6 is 0 Å². The summed E-state index contributed by atoms with van der Waals surface area (Å²) in [4.78, 5) is 9.08. The zero-order valence-corrected chi connectivity index (χ0v) is 19.2. The van der Waals surface area contributed by atoms with E-state index in [4.69, 9.17) is 0 Å². The summed E-state index contributed by atoms with van der Waals surface area (Å²) in [7, 11) is 2.00. The molecule has 4 rings (SSSR count). The topological polar surface area (TPSA) is 48.5 Å². The van der Waals surface area contributed by atoms with Crippen molar-refractivity contribution in [2.45, 2.75) is 39.5 Å². The molecule has 2 aromatic heterocycles. The summed E-state index contributed by atoms with van der Waals surface area (Å²) in [6.07, 6.45) is 3.45. The average molecular weight is 551 g/mol. The van der Waals surface area contributed by atoms with Crippen LogP contribution in [0.5, 0.6) is 0 Å². The van der Waals surface area contributed by atoms with Crippen LogP contribution in [-0.2, 0) is 27.2 Å². The van der Waals surface area contributed by atoms with Crippen molar-refractivity contribution in [3.63, 3.8) is 0 Å². The van der Waals surface area contributed by atoms with E-state index < -0.39 is 0 Å². The molecule has 0 aliphatic rings. The first-order chi connectivity index (χ1) is 13.0. The molecule has 147 valence electrons. The fourth-order valence-electron chi connectivity index (χ4n) is 3.65. The van der Waals surface area contributed by atoms with Crippen molar-refractivity contribution in [3.8, 4) is 17.1 Å². The third-order valence-corrected chi connectivity index (χ3v) is 5.00. The van der Waals surface area contributed by atoms with Gasteiger partial charge in [0.1, 0.15) is 6.33 Å². The number of hydrogen-bond acceptors (Lipinski definition) is 3. The van der Waals surface area contributed by atoms with Gasteiger partial charge in [0.05, 0.1) is 17.8 Å². The molecule has 0 aliphatic carbocycles. The monoisotopic (exact) mass is 551 g/mol. The predicted octanol–water partition coefficient (Wildman–Crippen LogP) is 4.87. The number of fused-ring (bicyclic) bond motifs is 1. The van der Waals surface area contributed by atoms with Gasteiger partial charge < -0.3 is 4.57 Å². The molecule has 0 amide bonds. The molecule has 1 radical (unpaired) electrons. The molecule has 0 unspecified atom stereocenters. The summed E-state index contributed by atoms with van der Waals surface area (Å²) in [5.41, 5.74) is 6.53. The number of nitrogens with zero attached hydrogens (tertiary/aromatic N) is 5. The average Bonchev–Trinajstić information content (AvgIpc) is 3.28. The molecule has 0 aliphatic heterocycles.